The van der Waals surface area contributed by atoms with E-state index < -0.39 is 23.6 Å². The van der Waals surface area contributed by atoms with E-state index in [0.717, 1.165) is 16.9 Å². The molecule has 0 aliphatic rings. The van der Waals surface area contributed by atoms with Gasteiger partial charge >= 0.3 is 6.09 Å². The summed E-state index contributed by atoms with van der Waals surface area (Å²) in [7, 11) is 0. The van der Waals surface area contributed by atoms with E-state index in [4.69, 9.17) is 0 Å². The zero-order valence-corrected chi connectivity index (χ0v) is 12.8. The molecule has 1 aromatic carbocycles. The van der Waals surface area contributed by atoms with Crippen LogP contribution in [0.2, 0.25) is 0 Å². The van der Waals surface area contributed by atoms with Gasteiger partial charge in [0, 0.05) is 12.1 Å². The molecule has 2 N–H and O–H groups in total. The van der Waals surface area contributed by atoms with Gasteiger partial charge < -0.3 is 10.1 Å². The number of carbonyl (C=O) groups excluding carboxylic acids is 2. The minimum atomic E-state index is -0.742. The van der Waals surface area contributed by atoms with E-state index in [-0.39, 0.29) is 31.1 Å². The van der Waals surface area contributed by atoms with E-state index in [1.54, 1.807) is 6.92 Å². The van der Waals surface area contributed by atoms with E-state index in [1.165, 1.54) is 12.3 Å². The monoisotopic (exact) mass is 339 g/mol. The molecule has 24 heavy (non-hydrogen) atoms. The molecule has 0 aliphatic heterocycles. The molecule has 0 aliphatic carbocycles. The van der Waals surface area contributed by atoms with Crippen molar-refractivity contribution in [2.75, 3.05) is 11.9 Å². The van der Waals surface area contributed by atoms with Crippen molar-refractivity contribution in [2.24, 2.45) is 0 Å². The largest absolute Gasteiger partial charge is 0.450 e. The van der Waals surface area contributed by atoms with Crippen LogP contribution in [-0.2, 0) is 22.6 Å². The zero-order chi connectivity index (χ0) is 17.5. The molecule has 0 unspecified atom stereocenters. The summed E-state index contributed by atoms with van der Waals surface area (Å²) in [4.78, 5) is 24.0. The quantitative estimate of drug-likeness (QED) is 0.830. The van der Waals surface area contributed by atoms with Gasteiger partial charge in [0.15, 0.2) is 5.82 Å². The Balaban J connectivity index is 1.87. The van der Waals surface area contributed by atoms with Crippen LogP contribution in [0, 0.1) is 11.6 Å². The van der Waals surface area contributed by atoms with Crippen molar-refractivity contribution in [3.8, 4) is 0 Å². The topological polar surface area (TPSA) is 98.1 Å². The molecular formula is C14H15F2N5O3. The van der Waals surface area contributed by atoms with Gasteiger partial charge in [0.2, 0.25) is 5.91 Å². The molecule has 0 atom stereocenters. The maximum atomic E-state index is 13.4. The van der Waals surface area contributed by atoms with E-state index in [2.05, 4.69) is 25.6 Å². The molecular weight excluding hydrogens is 324 g/mol. The number of halogens is 2. The van der Waals surface area contributed by atoms with Gasteiger partial charge in [-0.3, -0.25) is 10.1 Å². The first kappa shape index (κ1) is 17.3. The Morgan fingerprint density at radius 1 is 1.29 bits per heavy atom. The first-order valence-corrected chi connectivity index (χ1v) is 7.03. The molecule has 0 bridgehead atoms. The zero-order valence-electron chi connectivity index (χ0n) is 12.8. The van der Waals surface area contributed by atoms with Crippen molar-refractivity contribution >= 4 is 17.8 Å². The van der Waals surface area contributed by atoms with Crippen molar-refractivity contribution in [1.29, 1.82) is 0 Å². The van der Waals surface area contributed by atoms with Crippen molar-refractivity contribution in [1.82, 2.24) is 20.3 Å². The predicted octanol–water partition coefficient (Wildman–Crippen LogP) is 1.44. The number of nitrogens with zero attached hydrogens (tertiary/aromatic N) is 3. The highest BCUT2D eigenvalue weighted by molar-refractivity contribution is 5.83. The second-order valence-electron chi connectivity index (χ2n) is 4.58. The fraction of sp³-hybridized carbons (Fsp3) is 0.286. The molecule has 0 radical (unpaired) electrons. The highest BCUT2D eigenvalue weighted by Gasteiger charge is 2.12. The molecule has 0 saturated carbocycles. The predicted molar refractivity (Wildman–Crippen MR) is 78.9 cm³/mol. The lowest BCUT2D eigenvalue weighted by Gasteiger charge is -2.07. The summed E-state index contributed by atoms with van der Waals surface area (Å²) in [5.74, 6) is -1.92. The molecule has 1 heterocycles. The number of anilines is 1. The van der Waals surface area contributed by atoms with Gasteiger partial charge in [-0.25, -0.2) is 13.6 Å². The lowest BCUT2D eigenvalue weighted by Crippen LogP contribution is -2.28. The summed E-state index contributed by atoms with van der Waals surface area (Å²) in [6.45, 7) is 1.28. The second kappa shape index (κ2) is 7.99. The molecule has 0 saturated heterocycles. The minimum Gasteiger partial charge on any atom is -0.450 e. The Morgan fingerprint density at radius 2 is 2.00 bits per heavy atom. The third kappa shape index (κ3) is 4.73. The first-order valence-electron chi connectivity index (χ1n) is 7.03. The van der Waals surface area contributed by atoms with Crippen LogP contribution in [0.5, 0.6) is 0 Å². The number of ether oxygens (including phenoxy) is 1. The minimum absolute atomic E-state index is 0.112. The van der Waals surface area contributed by atoms with Crippen molar-refractivity contribution in [2.45, 2.75) is 20.0 Å². The van der Waals surface area contributed by atoms with E-state index in [0.29, 0.717) is 0 Å². The summed E-state index contributed by atoms with van der Waals surface area (Å²) < 4.78 is 31.6. The summed E-state index contributed by atoms with van der Waals surface area (Å²) in [5.41, 5.74) is -0.232. The summed E-state index contributed by atoms with van der Waals surface area (Å²) >= 11 is 0. The van der Waals surface area contributed by atoms with Gasteiger partial charge in [-0.15, -0.1) is 5.10 Å². The third-order valence-electron chi connectivity index (χ3n) is 2.85. The average Bonchev–Trinajstić information content (AvgIpc) is 2.93. The first-order chi connectivity index (χ1) is 11.5. The lowest BCUT2D eigenvalue weighted by atomic mass is 10.2. The highest BCUT2D eigenvalue weighted by atomic mass is 19.1. The normalized spacial score (nSPS) is 10.3. The van der Waals surface area contributed by atoms with Crippen LogP contribution in [0.3, 0.4) is 0 Å². The number of rotatable bonds is 6. The number of hydrogen-bond acceptors (Lipinski definition) is 5. The molecule has 10 heteroatoms. The van der Waals surface area contributed by atoms with Crippen LogP contribution in [0.25, 0.3) is 0 Å². The average molecular weight is 339 g/mol. The fourth-order valence-electron chi connectivity index (χ4n) is 1.78. The number of hydrogen-bond donors (Lipinski definition) is 2. The lowest BCUT2D eigenvalue weighted by molar-refractivity contribution is -0.122. The highest BCUT2D eigenvalue weighted by Crippen LogP contribution is 2.11. The number of amides is 2. The van der Waals surface area contributed by atoms with Crippen LogP contribution in [0.1, 0.15) is 12.5 Å². The van der Waals surface area contributed by atoms with E-state index in [1.807, 2.05) is 0 Å². The van der Waals surface area contributed by atoms with Gasteiger partial charge in [-0.05, 0) is 19.1 Å². The standard InChI is InChI=1S/C14H15F2N5O3/c1-2-24-14(23)19-12-7-18-21(20-12)8-13(22)17-6-9-10(15)4-3-5-11(9)16/h3-5,7H,2,6,8H2,1H3,(H,17,22)(H,19,20,23). The molecule has 1 aromatic heterocycles. The Bertz CT molecular complexity index is 715. The number of benzene rings is 1. The second-order valence-corrected chi connectivity index (χ2v) is 4.58. The number of aromatic nitrogens is 3. The third-order valence-corrected chi connectivity index (χ3v) is 2.85. The van der Waals surface area contributed by atoms with Gasteiger partial charge in [-0.2, -0.15) is 9.90 Å². The maximum absolute atomic E-state index is 13.4. The molecule has 2 aromatic rings. The van der Waals surface area contributed by atoms with E-state index >= 15 is 0 Å². The number of carbonyl (C=O) groups is 2. The van der Waals surface area contributed by atoms with Gasteiger partial charge in [0.1, 0.15) is 18.2 Å². The Kier molecular flexibility index (Phi) is 5.77. The maximum Gasteiger partial charge on any atom is 0.412 e. The Hall–Kier alpha value is -3.04. The van der Waals surface area contributed by atoms with Crippen molar-refractivity contribution < 1.29 is 23.1 Å². The summed E-state index contributed by atoms with van der Waals surface area (Å²) in [6.07, 6.45) is 0.546. The van der Waals surface area contributed by atoms with Crippen LogP contribution in [0.15, 0.2) is 24.4 Å². The molecule has 2 rings (SSSR count). The number of nitrogens with one attached hydrogen (secondary N) is 2. The van der Waals surface area contributed by atoms with Gasteiger partial charge in [-0.1, -0.05) is 6.07 Å². The van der Waals surface area contributed by atoms with Crippen molar-refractivity contribution in [3.05, 3.63) is 41.6 Å². The smallest absolute Gasteiger partial charge is 0.412 e. The SMILES string of the molecule is CCOC(=O)Nc1cnn(CC(=O)NCc2c(F)cccc2F)n1. The molecule has 0 spiro atoms. The summed E-state index contributed by atoms with van der Waals surface area (Å²) in [6, 6.07) is 3.45. The van der Waals surface area contributed by atoms with Crippen LogP contribution in [0.4, 0.5) is 19.4 Å². The fourth-order valence-corrected chi connectivity index (χ4v) is 1.78. The van der Waals surface area contributed by atoms with Gasteiger partial charge in [0.25, 0.3) is 0 Å². The molecule has 0 fully saturated rings. The van der Waals surface area contributed by atoms with Crippen molar-refractivity contribution in [3.63, 3.8) is 0 Å². The van der Waals surface area contributed by atoms with Gasteiger partial charge in [0.05, 0.1) is 12.8 Å². The molecule has 8 nitrogen and oxygen atoms in total. The molecule has 128 valence electrons. The van der Waals surface area contributed by atoms with Crippen LogP contribution >= 0.6 is 0 Å². The van der Waals surface area contributed by atoms with E-state index in [9.17, 15) is 18.4 Å². The van der Waals surface area contributed by atoms with Crippen LogP contribution < -0.4 is 10.6 Å². The summed E-state index contributed by atoms with van der Waals surface area (Å²) in [5, 5.41) is 12.3. The Morgan fingerprint density at radius 3 is 2.67 bits per heavy atom. The molecule has 2 amide bonds. The van der Waals surface area contributed by atoms with Crippen LogP contribution in [-0.4, -0.2) is 33.6 Å². The Labute approximate surface area is 135 Å².